The molecular weight excluding hydrogens is 280 g/mol. The molecular formula is C13H15F2N5O. The highest BCUT2D eigenvalue weighted by molar-refractivity contribution is 5.34. The second kappa shape index (κ2) is 6.78. The van der Waals surface area contributed by atoms with Crippen LogP contribution in [0.1, 0.15) is 18.9 Å². The summed E-state index contributed by atoms with van der Waals surface area (Å²) >= 11 is 0. The summed E-state index contributed by atoms with van der Waals surface area (Å²) in [5.74, 6) is -0.917. The van der Waals surface area contributed by atoms with Gasteiger partial charge in [-0.15, -0.1) is 0 Å². The first-order valence-electron chi connectivity index (χ1n) is 6.40. The van der Waals surface area contributed by atoms with E-state index < -0.39 is 11.6 Å². The second-order valence-electron chi connectivity index (χ2n) is 4.24. The zero-order chi connectivity index (χ0) is 15.2. The molecule has 3 N–H and O–H groups in total. The molecule has 0 aliphatic rings. The topological polar surface area (TPSA) is 86.0 Å². The van der Waals surface area contributed by atoms with Gasteiger partial charge in [0.1, 0.15) is 11.6 Å². The van der Waals surface area contributed by atoms with Crippen molar-refractivity contribution in [1.29, 1.82) is 0 Å². The smallest absolute Gasteiger partial charge is 0.323 e. The Morgan fingerprint density at radius 3 is 2.81 bits per heavy atom. The number of hydrogen-bond acceptors (Lipinski definition) is 6. The number of nitrogens with one attached hydrogen (secondary N) is 1. The van der Waals surface area contributed by atoms with Gasteiger partial charge >= 0.3 is 6.01 Å². The maximum absolute atomic E-state index is 13.5. The minimum Gasteiger partial charge on any atom is -0.463 e. The van der Waals surface area contributed by atoms with Crippen LogP contribution in [0.2, 0.25) is 0 Å². The lowest BCUT2D eigenvalue weighted by molar-refractivity contribution is 0.292. The van der Waals surface area contributed by atoms with E-state index in [1.807, 2.05) is 6.92 Å². The molecule has 1 aromatic heterocycles. The van der Waals surface area contributed by atoms with E-state index in [9.17, 15) is 8.78 Å². The van der Waals surface area contributed by atoms with Crippen molar-refractivity contribution < 1.29 is 13.5 Å². The van der Waals surface area contributed by atoms with Crippen LogP contribution in [0.25, 0.3) is 0 Å². The Morgan fingerprint density at radius 1 is 1.24 bits per heavy atom. The van der Waals surface area contributed by atoms with E-state index in [1.54, 1.807) is 0 Å². The number of rotatable bonds is 6. The minimum absolute atomic E-state index is 0.0142. The van der Waals surface area contributed by atoms with Crippen molar-refractivity contribution in [3.63, 3.8) is 0 Å². The summed E-state index contributed by atoms with van der Waals surface area (Å²) in [6.45, 7) is 2.40. The molecule has 0 aliphatic heterocycles. The van der Waals surface area contributed by atoms with E-state index in [-0.39, 0.29) is 30.0 Å². The molecule has 0 bridgehead atoms. The molecule has 0 saturated heterocycles. The highest BCUT2D eigenvalue weighted by Gasteiger charge is 2.08. The van der Waals surface area contributed by atoms with Gasteiger partial charge in [-0.25, -0.2) is 8.78 Å². The summed E-state index contributed by atoms with van der Waals surface area (Å²) in [5, 5.41) is 2.76. The fraction of sp³-hybridized carbons (Fsp3) is 0.308. The third-order valence-electron chi connectivity index (χ3n) is 2.51. The van der Waals surface area contributed by atoms with E-state index in [1.165, 1.54) is 0 Å². The van der Waals surface area contributed by atoms with Gasteiger partial charge in [0.05, 0.1) is 6.61 Å². The van der Waals surface area contributed by atoms with E-state index in [2.05, 4.69) is 20.3 Å². The molecule has 1 heterocycles. The van der Waals surface area contributed by atoms with Gasteiger partial charge in [0.2, 0.25) is 11.9 Å². The van der Waals surface area contributed by atoms with Crippen LogP contribution in [-0.4, -0.2) is 21.6 Å². The van der Waals surface area contributed by atoms with Crippen molar-refractivity contribution in [2.45, 2.75) is 19.9 Å². The normalized spacial score (nSPS) is 10.4. The first-order valence-corrected chi connectivity index (χ1v) is 6.40. The van der Waals surface area contributed by atoms with Crippen LogP contribution in [0.3, 0.4) is 0 Å². The lowest BCUT2D eigenvalue weighted by Gasteiger charge is -2.08. The zero-order valence-corrected chi connectivity index (χ0v) is 11.4. The molecule has 6 nitrogen and oxygen atoms in total. The van der Waals surface area contributed by atoms with Gasteiger partial charge in [-0.05, 0) is 24.6 Å². The number of aromatic nitrogens is 3. The molecule has 0 atom stereocenters. The van der Waals surface area contributed by atoms with Gasteiger partial charge in [0, 0.05) is 12.1 Å². The third-order valence-corrected chi connectivity index (χ3v) is 2.51. The van der Waals surface area contributed by atoms with Crippen molar-refractivity contribution in [2.75, 3.05) is 17.7 Å². The molecule has 2 aromatic rings. The Balaban J connectivity index is 2.08. The van der Waals surface area contributed by atoms with Crippen LogP contribution in [-0.2, 0) is 6.54 Å². The van der Waals surface area contributed by atoms with E-state index >= 15 is 0 Å². The van der Waals surface area contributed by atoms with Crippen LogP contribution in [0, 0.1) is 11.6 Å². The molecule has 21 heavy (non-hydrogen) atoms. The Bertz CT molecular complexity index is 624. The summed E-state index contributed by atoms with van der Waals surface area (Å²) in [6.07, 6.45) is 0.794. The quantitative estimate of drug-likeness (QED) is 0.849. The van der Waals surface area contributed by atoms with Gasteiger partial charge in [0.25, 0.3) is 0 Å². The van der Waals surface area contributed by atoms with Crippen LogP contribution in [0.15, 0.2) is 18.2 Å². The first-order chi connectivity index (χ1) is 10.1. The summed E-state index contributed by atoms with van der Waals surface area (Å²) < 4.78 is 31.8. The average Bonchev–Trinajstić information content (AvgIpc) is 2.45. The number of ether oxygens (including phenoxy) is 1. The zero-order valence-electron chi connectivity index (χ0n) is 11.4. The highest BCUT2D eigenvalue weighted by atomic mass is 19.1. The van der Waals surface area contributed by atoms with Gasteiger partial charge in [-0.2, -0.15) is 15.0 Å². The molecule has 0 spiro atoms. The summed E-state index contributed by atoms with van der Waals surface area (Å²) in [5.41, 5.74) is 5.70. The molecule has 1 aromatic carbocycles. The maximum Gasteiger partial charge on any atom is 0.323 e. The predicted molar refractivity (Wildman–Crippen MR) is 73.7 cm³/mol. The van der Waals surface area contributed by atoms with Gasteiger partial charge in [0.15, 0.2) is 0 Å². The third kappa shape index (κ3) is 4.23. The van der Waals surface area contributed by atoms with E-state index in [4.69, 9.17) is 10.5 Å². The number of nitrogen functional groups attached to an aromatic ring is 1. The monoisotopic (exact) mass is 295 g/mol. The standard InChI is InChI=1S/C13H15F2N5O/c1-2-5-21-13-19-11(16)18-12(20-13)17-7-8-6-9(14)3-4-10(8)15/h3-4,6H,2,5,7H2,1H3,(H3,16,17,18,19,20). The number of nitrogens with zero attached hydrogens (tertiary/aromatic N) is 3. The van der Waals surface area contributed by atoms with Gasteiger partial charge in [-0.1, -0.05) is 6.92 Å². The molecule has 0 radical (unpaired) electrons. The van der Waals surface area contributed by atoms with Gasteiger partial charge < -0.3 is 15.8 Å². The molecule has 8 heteroatoms. The van der Waals surface area contributed by atoms with Crippen LogP contribution in [0.4, 0.5) is 20.7 Å². The van der Waals surface area contributed by atoms with Crippen molar-refractivity contribution in [3.05, 3.63) is 35.4 Å². The van der Waals surface area contributed by atoms with Gasteiger partial charge in [-0.3, -0.25) is 0 Å². The van der Waals surface area contributed by atoms with Crippen LogP contribution in [0.5, 0.6) is 6.01 Å². The minimum atomic E-state index is -0.520. The number of benzene rings is 1. The lowest BCUT2D eigenvalue weighted by atomic mass is 10.2. The Kier molecular flexibility index (Phi) is 4.81. The maximum atomic E-state index is 13.5. The summed E-state index contributed by atoms with van der Waals surface area (Å²) in [6, 6.07) is 3.30. The Hall–Kier alpha value is -2.51. The predicted octanol–water partition coefficient (Wildman–Crippen LogP) is 2.13. The van der Waals surface area contributed by atoms with Crippen LogP contribution >= 0.6 is 0 Å². The van der Waals surface area contributed by atoms with E-state index in [0.29, 0.717) is 6.61 Å². The molecule has 0 saturated carbocycles. The van der Waals surface area contributed by atoms with Crippen LogP contribution < -0.4 is 15.8 Å². The van der Waals surface area contributed by atoms with Crippen molar-refractivity contribution in [1.82, 2.24) is 15.0 Å². The molecule has 0 unspecified atom stereocenters. The fourth-order valence-electron chi connectivity index (χ4n) is 1.56. The average molecular weight is 295 g/mol. The Labute approximate surface area is 120 Å². The highest BCUT2D eigenvalue weighted by Crippen LogP contribution is 2.13. The summed E-state index contributed by atoms with van der Waals surface area (Å²) in [7, 11) is 0. The lowest BCUT2D eigenvalue weighted by Crippen LogP contribution is -2.10. The molecule has 0 aliphatic carbocycles. The van der Waals surface area contributed by atoms with Crippen molar-refractivity contribution >= 4 is 11.9 Å². The number of hydrogen-bond donors (Lipinski definition) is 2. The molecule has 2 rings (SSSR count). The largest absolute Gasteiger partial charge is 0.463 e. The SMILES string of the molecule is CCCOc1nc(N)nc(NCc2cc(F)ccc2F)n1. The first kappa shape index (κ1) is 14.9. The Morgan fingerprint density at radius 2 is 2.05 bits per heavy atom. The number of halogens is 2. The number of anilines is 2. The van der Waals surface area contributed by atoms with E-state index in [0.717, 1.165) is 24.6 Å². The molecule has 0 fully saturated rings. The molecule has 112 valence electrons. The molecule has 0 amide bonds. The number of nitrogens with two attached hydrogens (primary N) is 1. The van der Waals surface area contributed by atoms with Crippen molar-refractivity contribution in [2.24, 2.45) is 0 Å². The van der Waals surface area contributed by atoms with Crippen molar-refractivity contribution in [3.8, 4) is 6.01 Å². The summed E-state index contributed by atoms with van der Waals surface area (Å²) in [4.78, 5) is 11.7. The fourth-order valence-corrected chi connectivity index (χ4v) is 1.56. The second-order valence-corrected chi connectivity index (χ2v) is 4.24.